The summed E-state index contributed by atoms with van der Waals surface area (Å²) in [7, 11) is -2.06. The number of aliphatic hydroxyl groups is 1. The van der Waals surface area contributed by atoms with Gasteiger partial charge in [0.05, 0.1) is 6.61 Å². The molecule has 5 N–H and O–H groups in total. The fraction of sp³-hybridized carbons (Fsp3) is 0.0909. The van der Waals surface area contributed by atoms with Crippen LogP contribution in [0.5, 0.6) is 23.0 Å². The maximum absolute atomic E-state index is 10.6. The van der Waals surface area contributed by atoms with E-state index in [0.29, 0.717) is 11.7 Å². The van der Waals surface area contributed by atoms with Gasteiger partial charge in [-0.1, -0.05) is 62.0 Å². The highest BCUT2D eigenvalue weighted by atomic mass is 31.2. The minimum atomic E-state index is -2.06. The van der Waals surface area contributed by atoms with Gasteiger partial charge in [0.1, 0.15) is 52.3 Å². The average molecular weight is 542 g/mol. The van der Waals surface area contributed by atoms with Crippen molar-refractivity contribution in [3.05, 3.63) is 139 Å². The van der Waals surface area contributed by atoms with Crippen molar-refractivity contribution >= 4 is 23.2 Å². The Morgan fingerprint density at radius 3 is 1.15 bits per heavy atom. The van der Waals surface area contributed by atoms with Crippen LogP contribution in [-0.4, -0.2) is 25.5 Å². The van der Waals surface area contributed by atoms with Crippen LogP contribution in [0.25, 0.3) is 0 Å². The summed E-state index contributed by atoms with van der Waals surface area (Å²) in [4.78, 5) is 0. The molecule has 0 aliphatic carbocycles. The van der Waals surface area contributed by atoms with Crippen LogP contribution < -0.4 is 15.9 Å². The monoisotopic (exact) mass is 541 g/mol. The summed E-state index contributed by atoms with van der Waals surface area (Å²) >= 11 is 0. The van der Waals surface area contributed by atoms with Gasteiger partial charge in [-0.25, -0.2) is 0 Å². The van der Waals surface area contributed by atoms with E-state index in [0.717, 1.165) is 5.56 Å². The molecule has 0 aliphatic rings. The Labute approximate surface area is 230 Å². The molecule has 0 unspecified atom stereocenters. The minimum absolute atomic E-state index is 0. The topological polar surface area (TPSA) is 101 Å². The molecule has 0 spiro atoms. The van der Waals surface area contributed by atoms with E-state index in [1.165, 1.54) is 40.2 Å². The van der Waals surface area contributed by atoms with Gasteiger partial charge >= 0.3 is 0 Å². The lowest BCUT2D eigenvalue weighted by atomic mass is 10.2. The number of benzene rings is 5. The molecular weight excluding hydrogens is 507 g/mol. The summed E-state index contributed by atoms with van der Waals surface area (Å²) in [5.74, 6) is 0.119. The zero-order valence-electron chi connectivity index (χ0n) is 20.7. The molecule has 0 aromatic heterocycles. The van der Waals surface area contributed by atoms with E-state index in [1.807, 2.05) is 24.3 Å². The third kappa shape index (κ3) is 6.77. The Kier molecular flexibility index (Phi) is 10.1. The molecule has 0 aliphatic heterocycles. The maximum atomic E-state index is 10.6. The van der Waals surface area contributed by atoms with Gasteiger partial charge in [-0.15, -0.1) is 0 Å². The van der Waals surface area contributed by atoms with Crippen molar-refractivity contribution in [1.29, 1.82) is 0 Å². The van der Waals surface area contributed by atoms with E-state index >= 15 is 0 Å². The van der Waals surface area contributed by atoms with E-state index < -0.39 is 7.26 Å². The van der Waals surface area contributed by atoms with Crippen molar-refractivity contribution in [3.8, 4) is 23.0 Å². The first-order chi connectivity index (χ1) is 18.4. The molecule has 5 nitrogen and oxygen atoms in total. The van der Waals surface area contributed by atoms with Gasteiger partial charge < -0.3 is 25.5 Å². The van der Waals surface area contributed by atoms with E-state index in [4.69, 9.17) is 15.3 Å². The van der Waals surface area contributed by atoms with Crippen molar-refractivity contribution in [2.45, 2.75) is 20.2 Å². The zero-order valence-corrected chi connectivity index (χ0v) is 21.6. The van der Waals surface area contributed by atoms with Gasteiger partial charge in [0, 0.05) is 23.3 Å². The van der Waals surface area contributed by atoms with Crippen LogP contribution in [0.3, 0.4) is 0 Å². The fourth-order valence-electron chi connectivity index (χ4n) is 4.40. The van der Waals surface area contributed by atoms with Crippen molar-refractivity contribution in [1.82, 2.24) is 0 Å². The summed E-state index contributed by atoms with van der Waals surface area (Å²) in [6.45, 7) is -0.216. The first-order valence-electron chi connectivity index (χ1n) is 12.1. The summed E-state index contributed by atoms with van der Waals surface area (Å²) < 4.78 is 0. The van der Waals surface area contributed by atoms with E-state index in [9.17, 15) is 10.2 Å². The Bertz CT molecular complexity index is 1360. The third-order valence-electron chi connectivity index (χ3n) is 6.31. The molecule has 6 heteroatoms. The zero-order chi connectivity index (χ0) is 27.0. The SMILES string of the molecule is C.OCc1ccc(O)cc1O.Oc1ccc(C[P+](c2ccccc2)(c2ccccc2)c2ccccc2)c(O)c1. The third-order valence-corrected chi connectivity index (χ3v) is 10.7. The predicted octanol–water partition coefficient (Wildman–Crippen LogP) is 5.82. The smallest absolute Gasteiger partial charge is 0.126 e. The molecule has 0 fully saturated rings. The molecule has 0 saturated heterocycles. The first kappa shape index (κ1) is 29.2. The van der Waals surface area contributed by atoms with Crippen LogP contribution in [0.2, 0.25) is 0 Å². The van der Waals surface area contributed by atoms with Crippen molar-refractivity contribution in [2.75, 3.05) is 0 Å². The van der Waals surface area contributed by atoms with Gasteiger partial charge in [-0.05, 0) is 60.7 Å². The second-order valence-electron chi connectivity index (χ2n) is 8.76. The second kappa shape index (κ2) is 13.5. The van der Waals surface area contributed by atoms with Crippen molar-refractivity contribution in [3.63, 3.8) is 0 Å². The van der Waals surface area contributed by atoms with Crippen LogP contribution >= 0.6 is 7.26 Å². The van der Waals surface area contributed by atoms with Crippen LogP contribution in [0, 0.1) is 0 Å². The highest BCUT2D eigenvalue weighted by Gasteiger charge is 2.45. The van der Waals surface area contributed by atoms with Gasteiger partial charge in [-0.3, -0.25) is 0 Å². The molecule has 0 amide bonds. The maximum Gasteiger partial charge on any atom is 0.126 e. The Balaban J connectivity index is 0.000000324. The molecule has 0 saturated carbocycles. The minimum Gasteiger partial charge on any atom is -0.508 e. The van der Waals surface area contributed by atoms with Crippen LogP contribution in [-0.2, 0) is 12.8 Å². The van der Waals surface area contributed by atoms with Crippen molar-refractivity contribution < 1.29 is 25.5 Å². The van der Waals surface area contributed by atoms with Crippen LogP contribution in [0.15, 0.2) is 127 Å². The molecule has 0 atom stereocenters. The standard InChI is InChI=1S/C25H21O2P.C7H8O3.CH4/c26-21-17-16-20(25(27)18-21)19-28(22-10-4-1-5-11-22,23-12-6-2-7-13-23)24-14-8-3-9-15-24;8-4-5-1-2-6(9)3-7(5)10;/h1-18H,19H2,(H-,26,27);1-3,8-10H,4H2;1H4/p+1. The number of hydrogen-bond acceptors (Lipinski definition) is 5. The average Bonchev–Trinajstić information content (AvgIpc) is 2.95. The van der Waals surface area contributed by atoms with Crippen LogP contribution in [0.1, 0.15) is 18.6 Å². The highest BCUT2D eigenvalue weighted by Crippen LogP contribution is 2.59. The fourth-order valence-corrected chi connectivity index (χ4v) is 8.66. The number of aromatic hydroxyl groups is 4. The van der Waals surface area contributed by atoms with E-state index in [1.54, 1.807) is 6.07 Å². The molecule has 0 heterocycles. The molecule has 0 bridgehead atoms. The molecular formula is C33H34O5P+. The van der Waals surface area contributed by atoms with Gasteiger partial charge in [0.2, 0.25) is 0 Å². The molecule has 5 rings (SSSR count). The predicted molar refractivity (Wildman–Crippen MR) is 161 cm³/mol. The van der Waals surface area contributed by atoms with E-state index in [-0.39, 0.29) is 37.0 Å². The van der Waals surface area contributed by atoms with Gasteiger partial charge in [0.15, 0.2) is 0 Å². The lowest BCUT2D eigenvalue weighted by molar-refractivity contribution is 0.275. The Morgan fingerprint density at radius 2 is 0.821 bits per heavy atom. The van der Waals surface area contributed by atoms with Gasteiger partial charge in [0.25, 0.3) is 0 Å². The lowest BCUT2D eigenvalue weighted by Gasteiger charge is -2.28. The largest absolute Gasteiger partial charge is 0.508 e. The number of aliphatic hydroxyl groups excluding tert-OH is 1. The number of phenols is 4. The van der Waals surface area contributed by atoms with Crippen LogP contribution in [0.4, 0.5) is 0 Å². The summed E-state index contributed by atoms with van der Waals surface area (Å²) in [5.41, 5.74) is 1.25. The Morgan fingerprint density at radius 1 is 0.462 bits per heavy atom. The van der Waals surface area contributed by atoms with E-state index in [2.05, 4.69) is 72.8 Å². The summed E-state index contributed by atoms with van der Waals surface area (Å²) in [6.07, 6.45) is 0.678. The quantitative estimate of drug-likeness (QED) is 0.175. The number of phenolic OH excluding ortho intramolecular Hbond substituents is 3. The number of rotatable bonds is 6. The number of hydrogen-bond donors (Lipinski definition) is 5. The molecule has 39 heavy (non-hydrogen) atoms. The normalized spacial score (nSPS) is 10.6. The second-order valence-corrected chi connectivity index (χ2v) is 12.2. The summed E-state index contributed by atoms with van der Waals surface area (Å²) in [5, 5.41) is 50.4. The highest BCUT2D eigenvalue weighted by molar-refractivity contribution is 7.95. The van der Waals surface area contributed by atoms with Gasteiger partial charge in [-0.2, -0.15) is 0 Å². The first-order valence-corrected chi connectivity index (χ1v) is 14.1. The lowest BCUT2D eigenvalue weighted by Crippen LogP contribution is -2.32. The molecule has 0 radical (unpaired) electrons. The molecule has 200 valence electrons. The molecule has 5 aromatic carbocycles. The van der Waals surface area contributed by atoms with Crippen molar-refractivity contribution in [2.24, 2.45) is 0 Å². The molecule has 5 aromatic rings. The Hall–Kier alpha value is -4.31. The summed E-state index contributed by atoms with van der Waals surface area (Å²) in [6, 6.07) is 40.6.